The molecule has 0 heterocycles. The van der Waals surface area contributed by atoms with Crippen molar-refractivity contribution in [1.82, 2.24) is 5.43 Å². The first-order chi connectivity index (χ1) is 10.1. The van der Waals surface area contributed by atoms with Crippen molar-refractivity contribution >= 4 is 11.6 Å². The first-order valence-corrected chi connectivity index (χ1v) is 6.67. The lowest BCUT2D eigenvalue weighted by molar-refractivity contribution is 0.379. The first kappa shape index (κ1) is 15.7. The van der Waals surface area contributed by atoms with Crippen LogP contribution < -0.4 is 16.0 Å². The molecule has 1 atom stereocenters. The standard InChI is InChI=1S/C15H15ClF2N2O/c1-21-13-7-3-5-10(15(13)18)12(20-19)8-9-4-2-6-11(16)14(9)17/h2-7,12,20H,8,19H2,1H3. The van der Waals surface area contributed by atoms with Crippen LogP contribution in [-0.4, -0.2) is 7.11 Å². The molecular weight excluding hydrogens is 298 g/mol. The molecule has 1 unspecified atom stereocenters. The summed E-state index contributed by atoms with van der Waals surface area (Å²) >= 11 is 5.74. The van der Waals surface area contributed by atoms with Crippen LogP contribution in [0.25, 0.3) is 0 Å². The molecule has 21 heavy (non-hydrogen) atoms. The molecule has 3 N–H and O–H groups in total. The average molecular weight is 313 g/mol. The number of hydrogen-bond acceptors (Lipinski definition) is 3. The zero-order valence-electron chi connectivity index (χ0n) is 11.4. The normalized spacial score (nSPS) is 12.2. The van der Waals surface area contributed by atoms with Crippen LogP contribution in [0.3, 0.4) is 0 Å². The molecule has 2 rings (SSSR count). The number of rotatable bonds is 5. The van der Waals surface area contributed by atoms with Crippen molar-refractivity contribution in [2.45, 2.75) is 12.5 Å². The number of nitrogens with two attached hydrogens (primary N) is 1. The van der Waals surface area contributed by atoms with Crippen LogP contribution in [0.1, 0.15) is 17.2 Å². The fraction of sp³-hybridized carbons (Fsp3) is 0.200. The maximum Gasteiger partial charge on any atom is 0.169 e. The molecule has 0 amide bonds. The number of ether oxygens (including phenoxy) is 1. The molecule has 3 nitrogen and oxygen atoms in total. The lowest BCUT2D eigenvalue weighted by atomic mass is 9.98. The Morgan fingerprint density at radius 1 is 1.19 bits per heavy atom. The molecule has 0 spiro atoms. The van der Waals surface area contributed by atoms with Gasteiger partial charge in [0.2, 0.25) is 0 Å². The minimum Gasteiger partial charge on any atom is -0.494 e. The second kappa shape index (κ2) is 6.85. The highest BCUT2D eigenvalue weighted by Crippen LogP contribution is 2.28. The van der Waals surface area contributed by atoms with Gasteiger partial charge in [-0.1, -0.05) is 35.9 Å². The summed E-state index contributed by atoms with van der Waals surface area (Å²) in [5.41, 5.74) is 3.16. The predicted molar refractivity (Wildman–Crippen MR) is 78.1 cm³/mol. The molecule has 2 aromatic rings. The van der Waals surface area contributed by atoms with Gasteiger partial charge in [-0.2, -0.15) is 0 Å². The highest BCUT2D eigenvalue weighted by molar-refractivity contribution is 6.30. The second-order valence-corrected chi connectivity index (χ2v) is 4.91. The number of hydrazine groups is 1. The molecule has 0 fully saturated rings. The van der Waals surface area contributed by atoms with Crippen LogP contribution in [0.4, 0.5) is 8.78 Å². The van der Waals surface area contributed by atoms with Gasteiger partial charge in [0, 0.05) is 5.56 Å². The molecule has 0 bridgehead atoms. The predicted octanol–water partition coefficient (Wildman–Crippen LogP) is 3.37. The van der Waals surface area contributed by atoms with E-state index >= 15 is 0 Å². The Bertz CT molecular complexity index is 637. The van der Waals surface area contributed by atoms with Gasteiger partial charge in [-0.25, -0.2) is 8.78 Å². The molecule has 6 heteroatoms. The maximum absolute atomic E-state index is 14.3. The van der Waals surface area contributed by atoms with Crippen LogP contribution in [0.2, 0.25) is 5.02 Å². The van der Waals surface area contributed by atoms with Gasteiger partial charge < -0.3 is 4.74 Å². The third kappa shape index (κ3) is 3.32. The van der Waals surface area contributed by atoms with Crippen LogP contribution in [0, 0.1) is 11.6 Å². The summed E-state index contributed by atoms with van der Waals surface area (Å²) in [6.45, 7) is 0. The first-order valence-electron chi connectivity index (χ1n) is 6.30. The number of benzene rings is 2. The van der Waals surface area contributed by atoms with E-state index < -0.39 is 17.7 Å². The molecular formula is C15H15ClF2N2O. The number of hydrogen-bond donors (Lipinski definition) is 2. The van der Waals surface area contributed by atoms with E-state index in [1.54, 1.807) is 24.3 Å². The Morgan fingerprint density at radius 3 is 2.57 bits per heavy atom. The lowest BCUT2D eigenvalue weighted by Crippen LogP contribution is -2.30. The Kier molecular flexibility index (Phi) is 5.12. The van der Waals surface area contributed by atoms with E-state index in [4.69, 9.17) is 22.2 Å². The summed E-state index contributed by atoms with van der Waals surface area (Å²) in [6.07, 6.45) is 0.160. The van der Waals surface area contributed by atoms with Crippen LogP contribution in [0.15, 0.2) is 36.4 Å². The van der Waals surface area contributed by atoms with Crippen molar-refractivity contribution in [3.05, 3.63) is 64.2 Å². The quantitative estimate of drug-likeness (QED) is 0.657. The highest BCUT2D eigenvalue weighted by atomic mass is 35.5. The van der Waals surface area contributed by atoms with Gasteiger partial charge >= 0.3 is 0 Å². The monoisotopic (exact) mass is 312 g/mol. The minimum atomic E-state index is -0.604. The SMILES string of the molecule is COc1cccc(C(Cc2cccc(Cl)c2F)NN)c1F. The molecule has 0 saturated carbocycles. The number of methoxy groups -OCH3 is 1. The Labute approximate surface area is 126 Å². The van der Waals surface area contributed by atoms with Crippen LogP contribution >= 0.6 is 11.6 Å². The van der Waals surface area contributed by atoms with Gasteiger partial charge in [0.05, 0.1) is 18.2 Å². The maximum atomic E-state index is 14.3. The Balaban J connectivity index is 2.35. The van der Waals surface area contributed by atoms with E-state index in [1.165, 1.54) is 19.2 Å². The van der Waals surface area contributed by atoms with E-state index in [0.29, 0.717) is 11.1 Å². The molecule has 0 aliphatic carbocycles. The smallest absolute Gasteiger partial charge is 0.169 e. The van der Waals surface area contributed by atoms with Gasteiger partial charge in [0.1, 0.15) is 5.82 Å². The van der Waals surface area contributed by atoms with E-state index in [-0.39, 0.29) is 17.2 Å². The summed E-state index contributed by atoms with van der Waals surface area (Å²) in [5, 5.41) is 0.0226. The molecule has 0 aliphatic rings. The van der Waals surface area contributed by atoms with Gasteiger partial charge in [-0.15, -0.1) is 0 Å². The van der Waals surface area contributed by atoms with Crippen molar-refractivity contribution in [3.8, 4) is 5.75 Å². The second-order valence-electron chi connectivity index (χ2n) is 4.50. The van der Waals surface area contributed by atoms with E-state index in [2.05, 4.69) is 5.43 Å². The topological polar surface area (TPSA) is 47.3 Å². The molecule has 112 valence electrons. The van der Waals surface area contributed by atoms with E-state index in [1.807, 2.05) is 0 Å². The Hall–Kier alpha value is -1.69. The summed E-state index contributed by atoms with van der Waals surface area (Å²) in [5.74, 6) is 4.55. The van der Waals surface area contributed by atoms with E-state index in [0.717, 1.165) is 0 Å². The lowest BCUT2D eigenvalue weighted by Gasteiger charge is -2.18. The van der Waals surface area contributed by atoms with Gasteiger partial charge in [0.15, 0.2) is 11.6 Å². The van der Waals surface area contributed by atoms with Crippen molar-refractivity contribution in [1.29, 1.82) is 0 Å². The summed E-state index contributed by atoms with van der Waals surface area (Å²) in [4.78, 5) is 0. The van der Waals surface area contributed by atoms with Gasteiger partial charge in [0.25, 0.3) is 0 Å². The van der Waals surface area contributed by atoms with Gasteiger partial charge in [-0.3, -0.25) is 11.3 Å². The van der Waals surface area contributed by atoms with Crippen LogP contribution in [0.5, 0.6) is 5.75 Å². The summed E-state index contributed by atoms with van der Waals surface area (Å²) in [7, 11) is 1.38. The summed E-state index contributed by atoms with van der Waals surface area (Å²) in [6, 6.07) is 8.80. The molecule has 2 aromatic carbocycles. The molecule has 0 aliphatic heterocycles. The highest BCUT2D eigenvalue weighted by Gasteiger charge is 2.19. The zero-order chi connectivity index (χ0) is 15.4. The number of halogens is 3. The molecule has 0 saturated heterocycles. The fourth-order valence-corrected chi connectivity index (χ4v) is 2.33. The average Bonchev–Trinajstić information content (AvgIpc) is 2.49. The third-order valence-corrected chi connectivity index (χ3v) is 3.54. The molecule has 0 aromatic heterocycles. The minimum absolute atomic E-state index is 0.0226. The van der Waals surface area contributed by atoms with E-state index in [9.17, 15) is 8.78 Å². The van der Waals surface area contributed by atoms with Crippen LogP contribution in [-0.2, 0) is 6.42 Å². The van der Waals surface area contributed by atoms with Crippen molar-refractivity contribution in [2.75, 3.05) is 7.11 Å². The largest absolute Gasteiger partial charge is 0.494 e. The van der Waals surface area contributed by atoms with Crippen molar-refractivity contribution in [3.63, 3.8) is 0 Å². The van der Waals surface area contributed by atoms with Crippen molar-refractivity contribution < 1.29 is 13.5 Å². The Morgan fingerprint density at radius 2 is 1.90 bits per heavy atom. The summed E-state index contributed by atoms with van der Waals surface area (Å²) < 4.78 is 33.1. The third-order valence-electron chi connectivity index (χ3n) is 3.25. The van der Waals surface area contributed by atoms with Crippen molar-refractivity contribution in [2.24, 2.45) is 5.84 Å². The molecule has 0 radical (unpaired) electrons. The number of nitrogens with one attached hydrogen (secondary N) is 1. The fourth-order valence-electron chi connectivity index (χ4n) is 2.14. The van der Waals surface area contributed by atoms with Gasteiger partial charge in [-0.05, 0) is 24.1 Å². The zero-order valence-corrected chi connectivity index (χ0v) is 12.1.